The second-order valence-corrected chi connectivity index (χ2v) is 8.45. The summed E-state index contributed by atoms with van der Waals surface area (Å²) in [6, 6.07) is 15.1. The van der Waals surface area contributed by atoms with Crippen LogP contribution in [0, 0.1) is 5.92 Å². The number of nitrogens with zero attached hydrogens (tertiary/aromatic N) is 2. The average Bonchev–Trinajstić information content (AvgIpc) is 3.14. The van der Waals surface area contributed by atoms with Gasteiger partial charge < -0.3 is 15.1 Å². The van der Waals surface area contributed by atoms with E-state index >= 15 is 0 Å². The van der Waals surface area contributed by atoms with Crippen LogP contribution >= 0.6 is 0 Å². The minimum Gasteiger partial charge on any atom is -0.508 e. The van der Waals surface area contributed by atoms with Gasteiger partial charge in [0.05, 0.1) is 12.5 Å². The summed E-state index contributed by atoms with van der Waals surface area (Å²) < 4.78 is 0. The van der Waals surface area contributed by atoms with E-state index in [2.05, 4.69) is 15.9 Å². The van der Waals surface area contributed by atoms with E-state index in [1.54, 1.807) is 18.2 Å². The predicted octanol–water partition coefficient (Wildman–Crippen LogP) is 2.73. The molecular weight excluding hydrogens is 352 g/mol. The van der Waals surface area contributed by atoms with E-state index in [1.165, 1.54) is 0 Å². The van der Waals surface area contributed by atoms with Crippen LogP contribution in [0.15, 0.2) is 48.5 Å². The number of phenolic OH excluding ortho intramolecular Hbond substituents is 2. The van der Waals surface area contributed by atoms with Crippen LogP contribution in [0.1, 0.15) is 29.9 Å². The van der Waals surface area contributed by atoms with Gasteiger partial charge in [-0.05, 0) is 67.2 Å². The van der Waals surface area contributed by atoms with E-state index < -0.39 is 0 Å². The van der Waals surface area contributed by atoms with Crippen LogP contribution in [0.25, 0.3) is 0 Å². The molecule has 2 aromatic carbocycles. The number of carbonyl (C=O) groups is 1. The molecule has 4 fully saturated rings. The van der Waals surface area contributed by atoms with Crippen molar-refractivity contribution in [1.29, 1.82) is 0 Å². The summed E-state index contributed by atoms with van der Waals surface area (Å²) in [6.45, 7) is 2.94. The molecule has 5 heteroatoms. The quantitative estimate of drug-likeness (QED) is 0.862. The summed E-state index contributed by atoms with van der Waals surface area (Å²) >= 11 is 0. The van der Waals surface area contributed by atoms with Crippen LogP contribution in [-0.2, 0) is 11.2 Å². The van der Waals surface area contributed by atoms with Gasteiger partial charge in [-0.3, -0.25) is 9.69 Å². The maximum atomic E-state index is 13.3. The fourth-order valence-electron chi connectivity index (χ4n) is 5.64. The van der Waals surface area contributed by atoms with Crippen LogP contribution in [0.2, 0.25) is 0 Å². The number of fused-ring (bicyclic) bond motifs is 2. The highest BCUT2D eigenvalue weighted by Gasteiger charge is 2.54. The maximum Gasteiger partial charge on any atom is 0.227 e. The predicted molar refractivity (Wildman–Crippen MR) is 106 cm³/mol. The lowest BCUT2D eigenvalue weighted by molar-refractivity contribution is -0.135. The Morgan fingerprint density at radius 1 is 0.964 bits per heavy atom. The lowest BCUT2D eigenvalue weighted by Crippen LogP contribution is -2.60. The maximum absolute atomic E-state index is 13.3. The Labute approximate surface area is 165 Å². The molecule has 0 saturated carbocycles. The van der Waals surface area contributed by atoms with Crippen LogP contribution < -0.4 is 0 Å². The minimum atomic E-state index is 0.164. The number of hydrogen-bond donors (Lipinski definition) is 2. The first kappa shape index (κ1) is 17.6. The Balaban J connectivity index is 1.44. The molecule has 2 aromatic rings. The first-order chi connectivity index (χ1) is 13.6. The van der Waals surface area contributed by atoms with Gasteiger partial charge in [-0.25, -0.2) is 0 Å². The second kappa shape index (κ2) is 6.82. The second-order valence-electron chi connectivity index (χ2n) is 8.45. The lowest BCUT2D eigenvalue weighted by atomic mass is 9.75. The summed E-state index contributed by atoms with van der Waals surface area (Å²) in [5.74, 6) is 1.49. The van der Waals surface area contributed by atoms with Crippen molar-refractivity contribution in [2.75, 3.05) is 19.6 Å². The van der Waals surface area contributed by atoms with Crippen LogP contribution in [0.5, 0.6) is 11.5 Å². The number of likely N-dealkylation sites (tertiary alicyclic amines) is 1. The van der Waals surface area contributed by atoms with Crippen molar-refractivity contribution in [2.45, 2.75) is 37.3 Å². The molecular formula is C23H26N2O3. The SMILES string of the molecule is O=C(Cc1ccc(O)cc1)N1C[C@@H](c2cccc(O)c2)[C@@H]2[C@H]1C1CCN2CC1. The Hall–Kier alpha value is -2.53. The van der Waals surface area contributed by atoms with Gasteiger partial charge in [-0.2, -0.15) is 0 Å². The number of amides is 1. The number of carbonyl (C=O) groups excluding carboxylic acids is 1. The zero-order valence-corrected chi connectivity index (χ0v) is 15.9. The minimum absolute atomic E-state index is 0.164. The normalized spacial score (nSPS) is 31.0. The van der Waals surface area contributed by atoms with Crippen molar-refractivity contribution < 1.29 is 15.0 Å². The third-order valence-corrected chi connectivity index (χ3v) is 6.90. The van der Waals surface area contributed by atoms with E-state index in [0.29, 0.717) is 30.7 Å². The highest BCUT2D eigenvalue weighted by atomic mass is 16.3. The zero-order chi connectivity index (χ0) is 19.3. The summed E-state index contributed by atoms with van der Waals surface area (Å²) in [5.41, 5.74) is 2.06. The first-order valence-electron chi connectivity index (χ1n) is 10.2. The Bertz CT molecular complexity index is 874. The van der Waals surface area contributed by atoms with Crippen LogP contribution in [0.3, 0.4) is 0 Å². The molecule has 1 amide bonds. The van der Waals surface area contributed by atoms with E-state index in [-0.39, 0.29) is 23.6 Å². The van der Waals surface area contributed by atoms with Crippen LogP contribution in [-0.4, -0.2) is 57.6 Å². The zero-order valence-electron chi connectivity index (χ0n) is 15.9. The van der Waals surface area contributed by atoms with Gasteiger partial charge in [-0.15, -0.1) is 0 Å². The topological polar surface area (TPSA) is 64.0 Å². The fraction of sp³-hybridized carbons (Fsp3) is 0.435. The Morgan fingerprint density at radius 3 is 2.43 bits per heavy atom. The third kappa shape index (κ3) is 2.94. The molecule has 2 bridgehead atoms. The van der Waals surface area contributed by atoms with E-state index in [0.717, 1.165) is 37.1 Å². The van der Waals surface area contributed by atoms with Crippen molar-refractivity contribution >= 4 is 5.91 Å². The molecule has 0 radical (unpaired) electrons. The highest BCUT2D eigenvalue weighted by Crippen LogP contribution is 2.47. The molecule has 4 aliphatic heterocycles. The standard InChI is InChI=1S/C23H26N2O3/c26-18-6-4-15(5-7-18)12-21(28)25-14-20(17-2-1-3-19(27)13-17)23-22(25)16-8-10-24(23)11-9-16/h1-7,13,16,20,22-23,26-27H,8-12,14H2/t20-,22+,23+/m0/s1. The molecule has 28 heavy (non-hydrogen) atoms. The summed E-state index contributed by atoms with van der Waals surface area (Å²) in [6.07, 6.45) is 2.69. The number of phenols is 2. The van der Waals surface area contributed by atoms with E-state index in [1.807, 2.05) is 24.3 Å². The van der Waals surface area contributed by atoms with Gasteiger partial charge in [0.2, 0.25) is 5.91 Å². The number of rotatable bonds is 3. The molecule has 0 aromatic heterocycles. The fourth-order valence-corrected chi connectivity index (χ4v) is 5.64. The molecule has 0 spiro atoms. The molecule has 4 aliphatic rings. The van der Waals surface area contributed by atoms with E-state index in [9.17, 15) is 15.0 Å². The van der Waals surface area contributed by atoms with Crippen molar-refractivity contribution in [3.05, 3.63) is 59.7 Å². The molecule has 6 rings (SSSR count). The Morgan fingerprint density at radius 2 is 1.71 bits per heavy atom. The largest absolute Gasteiger partial charge is 0.508 e. The molecule has 4 heterocycles. The number of hydrogen-bond acceptors (Lipinski definition) is 4. The summed E-state index contributed by atoms with van der Waals surface area (Å²) in [5, 5.41) is 19.5. The molecule has 0 aliphatic carbocycles. The molecule has 146 valence electrons. The van der Waals surface area contributed by atoms with Crippen molar-refractivity contribution in [1.82, 2.24) is 9.80 Å². The van der Waals surface area contributed by atoms with Gasteiger partial charge in [0.25, 0.3) is 0 Å². The van der Waals surface area contributed by atoms with Gasteiger partial charge >= 0.3 is 0 Å². The van der Waals surface area contributed by atoms with E-state index in [4.69, 9.17) is 0 Å². The van der Waals surface area contributed by atoms with Gasteiger partial charge in [0.1, 0.15) is 11.5 Å². The highest BCUT2D eigenvalue weighted by molar-refractivity contribution is 5.80. The van der Waals surface area contributed by atoms with Crippen molar-refractivity contribution in [3.8, 4) is 11.5 Å². The monoisotopic (exact) mass is 378 g/mol. The third-order valence-electron chi connectivity index (χ3n) is 6.90. The lowest BCUT2D eigenvalue weighted by Gasteiger charge is -2.51. The van der Waals surface area contributed by atoms with Gasteiger partial charge in [0, 0.05) is 18.5 Å². The molecule has 4 saturated heterocycles. The summed E-state index contributed by atoms with van der Waals surface area (Å²) in [7, 11) is 0. The van der Waals surface area contributed by atoms with Gasteiger partial charge in [-0.1, -0.05) is 24.3 Å². The average molecular weight is 378 g/mol. The number of aromatic hydroxyl groups is 2. The number of piperidine rings is 3. The molecule has 2 N–H and O–H groups in total. The van der Waals surface area contributed by atoms with Gasteiger partial charge in [0.15, 0.2) is 0 Å². The smallest absolute Gasteiger partial charge is 0.227 e. The summed E-state index contributed by atoms with van der Waals surface area (Å²) in [4.78, 5) is 17.9. The molecule has 0 unspecified atom stereocenters. The van der Waals surface area contributed by atoms with Crippen molar-refractivity contribution in [2.24, 2.45) is 5.92 Å². The van der Waals surface area contributed by atoms with Crippen molar-refractivity contribution in [3.63, 3.8) is 0 Å². The number of benzene rings is 2. The Kier molecular flexibility index (Phi) is 4.27. The molecule has 5 nitrogen and oxygen atoms in total. The first-order valence-corrected chi connectivity index (χ1v) is 10.2. The molecule has 3 atom stereocenters. The van der Waals surface area contributed by atoms with Crippen LogP contribution in [0.4, 0.5) is 0 Å².